The minimum absolute atomic E-state index is 0.0975. The van der Waals surface area contributed by atoms with E-state index < -0.39 is 0 Å². The second-order valence-corrected chi connectivity index (χ2v) is 6.30. The zero-order chi connectivity index (χ0) is 14.8. The van der Waals surface area contributed by atoms with Crippen LogP contribution in [0.5, 0.6) is 0 Å². The number of urea groups is 1. The summed E-state index contributed by atoms with van der Waals surface area (Å²) in [5, 5.41) is 7.16. The fraction of sp³-hybridized carbons (Fsp3) is 0.500. The minimum atomic E-state index is -0.0975. The lowest BCUT2D eigenvalue weighted by atomic mass is 10.1. The van der Waals surface area contributed by atoms with E-state index in [0.29, 0.717) is 21.8 Å². The third-order valence-electron chi connectivity index (χ3n) is 3.99. The van der Waals surface area contributed by atoms with Crippen molar-refractivity contribution in [3.8, 4) is 0 Å². The van der Waals surface area contributed by atoms with Gasteiger partial charge in [-0.25, -0.2) is 4.79 Å². The van der Waals surface area contributed by atoms with Crippen LogP contribution in [0, 0.1) is 0 Å². The Kier molecular flexibility index (Phi) is 4.54. The summed E-state index contributed by atoms with van der Waals surface area (Å²) < 4.78 is 0. The standard InChI is InChI=1S/C14H18Cl2N4O/c15-10-5-11(16)7-12(6-10)18-14(21)20-3-1-19(2-4-20)13-8-17-9-13/h5-7,13,17H,1-4,8-9H2,(H,18,21). The number of nitrogens with zero attached hydrogens (tertiary/aromatic N) is 2. The predicted octanol–water partition coefficient (Wildman–Crippen LogP) is 2.11. The Bertz CT molecular complexity index is 507. The van der Waals surface area contributed by atoms with Crippen LogP contribution >= 0.6 is 23.2 Å². The molecular formula is C14H18Cl2N4O. The highest BCUT2D eigenvalue weighted by Crippen LogP contribution is 2.23. The van der Waals surface area contributed by atoms with Crippen LogP contribution in [-0.2, 0) is 0 Å². The molecule has 0 radical (unpaired) electrons. The first-order chi connectivity index (χ1) is 10.1. The molecule has 0 aromatic heterocycles. The molecule has 0 aliphatic carbocycles. The van der Waals surface area contributed by atoms with Gasteiger partial charge >= 0.3 is 6.03 Å². The van der Waals surface area contributed by atoms with Crippen molar-refractivity contribution < 1.29 is 4.79 Å². The fourth-order valence-electron chi connectivity index (χ4n) is 2.65. The molecule has 2 fully saturated rings. The summed E-state index contributed by atoms with van der Waals surface area (Å²) in [5.74, 6) is 0. The van der Waals surface area contributed by atoms with Crippen molar-refractivity contribution in [2.45, 2.75) is 6.04 Å². The van der Waals surface area contributed by atoms with Gasteiger partial charge in [0.2, 0.25) is 0 Å². The van der Waals surface area contributed by atoms with Crippen LogP contribution in [0.3, 0.4) is 0 Å². The molecule has 2 N–H and O–H groups in total. The zero-order valence-corrected chi connectivity index (χ0v) is 13.1. The Hall–Kier alpha value is -1.01. The van der Waals surface area contributed by atoms with E-state index in [9.17, 15) is 4.79 Å². The topological polar surface area (TPSA) is 47.6 Å². The number of halogens is 2. The molecule has 0 saturated carbocycles. The Morgan fingerprint density at radius 2 is 1.71 bits per heavy atom. The van der Waals surface area contributed by atoms with Crippen molar-refractivity contribution in [1.82, 2.24) is 15.1 Å². The quantitative estimate of drug-likeness (QED) is 0.874. The van der Waals surface area contributed by atoms with E-state index in [2.05, 4.69) is 15.5 Å². The molecule has 2 aliphatic heterocycles. The molecule has 7 heteroatoms. The average Bonchev–Trinajstić information content (AvgIpc) is 2.36. The molecule has 0 atom stereocenters. The zero-order valence-electron chi connectivity index (χ0n) is 11.6. The first-order valence-electron chi connectivity index (χ1n) is 7.08. The summed E-state index contributed by atoms with van der Waals surface area (Å²) in [4.78, 5) is 16.5. The van der Waals surface area contributed by atoms with Crippen LogP contribution < -0.4 is 10.6 Å². The smallest absolute Gasteiger partial charge is 0.321 e. The Morgan fingerprint density at radius 1 is 1.10 bits per heavy atom. The van der Waals surface area contributed by atoms with E-state index in [4.69, 9.17) is 23.2 Å². The summed E-state index contributed by atoms with van der Waals surface area (Å²) in [6.07, 6.45) is 0. The highest BCUT2D eigenvalue weighted by molar-refractivity contribution is 6.35. The SMILES string of the molecule is O=C(Nc1cc(Cl)cc(Cl)c1)N1CCN(C2CNC2)CC1. The monoisotopic (exact) mass is 328 g/mol. The Morgan fingerprint density at radius 3 is 2.24 bits per heavy atom. The molecule has 1 aromatic carbocycles. The van der Waals surface area contributed by atoms with Crippen LogP contribution in [0.2, 0.25) is 10.0 Å². The van der Waals surface area contributed by atoms with Gasteiger partial charge in [0, 0.05) is 61.0 Å². The lowest BCUT2D eigenvalue weighted by Crippen LogP contribution is -2.62. The van der Waals surface area contributed by atoms with Gasteiger partial charge in [0.25, 0.3) is 0 Å². The van der Waals surface area contributed by atoms with Gasteiger partial charge in [-0.05, 0) is 18.2 Å². The van der Waals surface area contributed by atoms with Crippen LogP contribution in [0.1, 0.15) is 0 Å². The van der Waals surface area contributed by atoms with Crippen LogP contribution in [-0.4, -0.2) is 61.1 Å². The van der Waals surface area contributed by atoms with Crippen molar-refractivity contribution >= 4 is 34.9 Å². The number of amides is 2. The molecule has 114 valence electrons. The van der Waals surface area contributed by atoms with E-state index >= 15 is 0 Å². The summed E-state index contributed by atoms with van der Waals surface area (Å²) >= 11 is 11.9. The van der Waals surface area contributed by atoms with E-state index in [1.807, 2.05) is 4.90 Å². The highest BCUT2D eigenvalue weighted by Gasteiger charge is 2.29. The number of rotatable bonds is 2. The number of nitrogens with one attached hydrogen (secondary N) is 2. The number of benzene rings is 1. The van der Waals surface area contributed by atoms with E-state index in [1.54, 1.807) is 18.2 Å². The van der Waals surface area contributed by atoms with E-state index in [-0.39, 0.29) is 6.03 Å². The maximum Gasteiger partial charge on any atom is 0.321 e. The molecule has 5 nitrogen and oxygen atoms in total. The summed E-state index contributed by atoms with van der Waals surface area (Å²) in [5.41, 5.74) is 0.628. The summed E-state index contributed by atoms with van der Waals surface area (Å²) in [6, 6.07) is 5.58. The van der Waals surface area contributed by atoms with Crippen molar-refractivity contribution in [1.29, 1.82) is 0 Å². The van der Waals surface area contributed by atoms with Gasteiger partial charge in [0.1, 0.15) is 0 Å². The van der Waals surface area contributed by atoms with Gasteiger partial charge in [-0.15, -0.1) is 0 Å². The Labute approximate surface area is 134 Å². The van der Waals surface area contributed by atoms with Gasteiger partial charge in [0.05, 0.1) is 0 Å². The average molecular weight is 329 g/mol. The maximum atomic E-state index is 12.2. The second kappa shape index (κ2) is 6.40. The molecule has 0 bridgehead atoms. The van der Waals surface area contributed by atoms with Crippen molar-refractivity contribution in [2.24, 2.45) is 0 Å². The maximum absolute atomic E-state index is 12.2. The molecule has 0 spiro atoms. The first kappa shape index (κ1) is 14.9. The van der Waals surface area contributed by atoms with Crippen molar-refractivity contribution in [3.63, 3.8) is 0 Å². The summed E-state index contributed by atoms with van der Waals surface area (Å²) in [7, 11) is 0. The molecule has 0 unspecified atom stereocenters. The molecular weight excluding hydrogens is 311 g/mol. The second-order valence-electron chi connectivity index (χ2n) is 5.42. The van der Waals surface area contributed by atoms with Crippen molar-refractivity contribution in [3.05, 3.63) is 28.2 Å². The van der Waals surface area contributed by atoms with Crippen LogP contribution in [0.15, 0.2) is 18.2 Å². The first-order valence-corrected chi connectivity index (χ1v) is 7.84. The number of piperazine rings is 1. The van der Waals surface area contributed by atoms with Gasteiger partial charge in [-0.2, -0.15) is 0 Å². The number of anilines is 1. The third kappa shape index (κ3) is 3.61. The van der Waals surface area contributed by atoms with E-state index in [0.717, 1.165) is 39.3 Å². The lowest BCUT2D eigenvalue weighted by molar-refractivity contribution is 0.0878. The van der Waals surface area contributed by atoms with Crippen molar-refractivity contribution in [2.75, 3.05) is 44.6 Å². The van der Waals surface area contributed by atoms with Gasteiger partial charge < -0.3 is 15.5 Å². The number of carbonyl (C=O) groups excluding carboxylic acids is 1. The van der Waals surface area contributed by atoms with Crippen LogP contribution in [0.4, 0.5) is 10.5 Å². The van der Waals surface area contributed by atoms with Gasteiger partial charge in [0.15, 0.2) is 0 Å². The normalized spacial score (nSPS) is 20.2. The number of hydrogen-bond acceptors (Lipinski definition) is 3. The van der Waals surface area contributed by atoms with Crippen LogP contribution in [0.25, 0.3) is 0 Å². The molecule has 2 amide bonds. The molecule has 3 rings (SSSR count). The molecule has 21 heavy (non-hydrogen) atoms. The van der Waals surface area contributed by atoms with Gasteiger partial charge in [-0.1, -0.05) is 23.2 Å². The molecule has 1 aromatic rings. The highest BCUT2D eigenvalue weighted by atomic mass is 35.5. The summed E-state index contributed by atoms with van der Waals surface area (Å²) in [6.45, 7) is 5.47. The third-order valence-corrected chi connectivity index (χ3v) is 4.43. The lowest BCUT2D eigenvalue weighted by Gasteiger charge is -2.43. The Balaban J connectivity index is 1.54. The fourth-order valence-corrected chi connectivity index (χ4v) is 3.18. The molecule has 2 aliphatic rings. The largest absolute Gasteiger partial charge is 0.322 e. The van der Waals surface area contributed by atoms with Gasteiger partial charge in [-0.3, -0.25) is 4.90 Å². The number of carbonyl (C=O) groups is 1. The number of hydrogen-bond donors (Lipinski definition) is 2. The predicted molar refractivity (Wildman–Crippen MR) is 85.3 cm³/mol. The molecule has 2 saturated heterocycles. The van der Waals surface area contributed by atoms with E-state index in [1.165, 1.54) is 0 Å². The minimum Gasteiger partial charge on any atom is -0.322 e. The molecule has 2 heterocycles.